The Morgan fingerprint density at radius 3 is 2.86 bits per heavy atom. The van der Waals surface area contributed by atoms with Crippen LogP contribution in [0.2, 0.25) is 0 Å². The predicted octanol–water partition coefficient (Wildman–Crippen LogP) is 1.36. The van der Waals surface area contributed by atoms with Crippen molar-refractivity contribution in [3.63, 3.8) is 0 Å². The smallest absolute Gasteiger partial charge is 0.237 e. The molecule has 76 valence electrons. The quantitative estimate of drug-likeness (QED) is 0.325. The average molecular weight is 197 g/mol. The average Bonchev–Trinajstić information content (AvgIpc) is 2.19. The number of anilines is 1. The summed E-state index contributed by atoms with van der Waals surface area (Å²) in [7, 11) is 0. The minimum atomic E-state index is -0.355. The lowest BCUT2D eigenvalue weighted by Crippen LogP contribution is -2.37. The van der Waals surface area contributed by atoms with Crippen LogP contribution in [0.3, 0.4) is 0 Å². The van der Waals surface area contributed by atoms with E-state index in [1.54, 1.807) is 12.1 Å². The molecule has 0 aliphatic heterocycles. The summed E-state index contributed by atoms with van der Waals surface area (Å²) < 4.78 is 12.9. The number of nitrogens with zero attached hydrogens (tertiary/aromatic N) is 2. The third kappa shape index (κ3) is 2.12. The topological polar surface area (TPSA) is 61.8 Å². The molecule has 0 spiro atoms. The predicted molar refractivity (Wildman–Crippen MR) is 52.8 cm³/mol. The van der Waals surface area contributed by atoms with E-state index < -0.39 is 0 Å². The molecule has 4 nitrogen and oxygen atoms in total. The van der Waals surface area contributed by atoms with Gasteiger partial charge in [0.1, 0.15) is 5.82 Å². The molecular formula is C9H12FN3O. The summed E-state index contributed by atoms with van der Waals surface area (Å²) in [5, 5.41) is 11.4. The molecule has 0 amide bonds. The Balaban J connectivity index is 3.01. The summed E-state index contributed by atoms with van der Waals surface area (Å²) in [6.07, 6.45) is 0. The van der Waals surface area contributed by atoms with Gasteiger partial charge < -0.3 is 15.8 Å². The van der Waals surface area contributed by atoms with E-state index in [1.165, 1.54) is 17.0 Å². The molecule has 1 aromatic rings. The van der Waals surface area contributed by atoms with Gasteiger partial charge in [-0.1, -0.05) is 11.2 Å². The molecular weight excluding hydrogens is 185 g/mol. The van der Waals surface area contributed by atoms with Crippen molar-refractivity contribution in [2.24, 2.45) is 10.9 Å². The maximum absolute atomic E-state index is 12.9. The highest BCUT2D eigenvalue weighted by molar-refractivity contribution is 5.94. The molecule has 3 N–H and O–H groups in total. The fraction of sp³-hybridized carbons (Fsp3) is 0.222. The number of oxime groups is 1. The van der Waals surface area contributed by atoms with Crippen LogP contribution in [0.4, 0.5) is 10.1 Å². The first kappa shape index (κ1) is 10.3. The van der Waals surface area contributed by atoms with Crippen molar-refractivity contribution in [1.29, 1.82) is 0 Å². The zero-order valence-corrected chi connectivity index (χ0v) is 7.81. The monoisotopic (exact) mass is 197 g/mol. The lowest BCUT2D eigenvalue weighted by Gasteiger charge is -2.20. The molecule has 1 rings (SSSR count). The summed E-state index contributed by atoms with van der Waals surface area (Å²) in [5.74, 6) is -0.412. The van der Waals surface area contributed by atoms with Gasteiger partial charge in [0.2, 0.25) is 5.96 Å². The number of hydrogen-bond donors (Lipinski definition) is 2. The summed E-state index contributed by atoms with van der Waals surface area (Å²) >= 11 is 0. The summed E-state index contributed by atoms with van der Waals surface area (Å²) in [5.41, 5.74) is 5.97. The number of halogens is 1. The zero-order chi connectivity index (χ0) is 10.6. The Labute approximate surface area is 81.4 Å². The second-order valence-electron chi connectivity index (χ2n) is 2.68. The van der Waals surface area contributed by atoms with Gasteiger partial charge in [0, 0.05) is 12.2 Å². The van der Waals surface area contributed by atoms with Crippen molar-refractivity contribution in [3.05, 3.63) is 30.1 Å². The normalized spacial score (nSPS) is 11.4. The number of hydrogen-bond acceptors (Lipinski definition) is 2. The van der Waals surface area contributed by atoms with E-state index in [0.29, 0.717) is 12.2 Å². The molecule has 0 aliphatic rings. The van der Waals surface area contributed by atoms with Crippen LogP contribution in [0.15, 0.2) is 29.4 Å². The van der Waals surface area contributed by atoms with E-state index in [2.05, 4.69) is 5.16 Å². The number of nitrogens with two attached hydrogens (primary N) is 1. The highest BCUT2D eigenvalue weighted by Crippen LogP contribution is 2.14. The second kappa shape index (κ2) is 4.45. The minimum absolute atomic E-state index is 0.0573. The molecule has 5 heteroatoms. The number of guanidine groups is 1. The standard InChI is InChI=1S/C9H12FN3O/c1-2-13(9(11)12-14)8-5-3-4-7(10)6-8/h3-6,14H,2H2,1H3,(H2,11,12). The molecule has 0 heterocycles. The molecule has 14 heavy (non-hydrogen) atoms. The van der Waals surface area contributed by atoms with Crippen LogP contribution in [-0.4, -0.2) is 17.7 Å². The van der Waals surface area contributed by atoms with Gasteiger partial charge in [0.05, 0.1) is 0 Å². The first-order chi connectivity index (χ1) is 6.69. The van der Waals surface area contributed by atoms with E-state index in [-0.39, 0.29) is 11.8 Å². The van der Waals surface area contributed by atoms with Gasteiger partial charge in [0.15, 0.2) is 0 Å². The van der Waals surface area contributed by atoms with Gasteiger partial charge in [-0.3, -0.25) is 0 Å². The van der Waals surface area contributed by atoms with E-state index >= 15 is 0 Å². The number of rotatable bonds is 2. The Bertz CT molecular complexity index is 341. The van der Waals surface area contributed by atoms with Gasteiger partial charge in [-0.25, -0.2) is 4.39 Å². The fourth-order valence-corrected chi connectivity index (χ4v) is 1.17. The SMILES string of the molecule is CCN(C(N)=NO)c1cccc(F)c1. The summed E-state index contributed by atoms with van der Waals surface area (Å²) in [6, 6.07) is 5.91. The van der Waals surface area contributed by atoms with Crippen molar-refractivity contribution < 1.29 is 9.60 Å². The van der Waals surface area contributed by atoms with Gasteiger partial charge in [-0.15, -0.1) is 0 Å². The Morgan fingerprint density at radius 2 is 2.36 bits per heavy atom. The molecule has 0 unspecified atom stereocenters. The van der Waals surface area contributed by atoms with Crippen LogP contribution in [0.25, 0.3) is 0 Å². The molecule has 0 aliphatic carbocycles. The molecule has 0 bridgehead atoms. The third-order valence-corrected chi connectivity index (χ3v) is 1.82. The van der Waals surface area contributed by atoms with Crippen molar-refractivity contribution in [2.75, 3.05) is 11.4 Å². The molecule has 0 atom stereocenters. The summed E-state index contributed by atoms with van der Waals surface area (Å²) in [4.78, 5) is 1.49. The van der Waals surface area contributed by atoms with Crippen LogP contribution in [-0.2, 0) is 0 Å². The molecule has 0 radical (unpaired) electrons. The highest BCUT2D eigenvalue weighted by Gasteiger charge is 2.08. The van der Waals surface area contributed by atoms with Crippen LogP contribution >= 0.6 is 0 Å². The molecule has 0 fully saturated rings. The van der Waals surface area contributed by atoms with Crippen LogP contribution in [0.1, 0.15) is 6.92 Å². The summed E-state index contributed by atoms with van der Waals surface area (Å²) in [6.45, 7) is 2.32. The van der Waals surface area contributed by atoms with Gasteiger partial charge in [0.25, 0.3) is 0 Å². The van der Waals surface area contributed by atoms with Crippen molar-refractivity contribution in [1.82, 2.24) is 0 Å². The Kier molecular flexibility index (Phi) is 3.28. The highest BCUT2D eigenvalue weighted by atomic mass is 19.1. The zero-order valence-electron chi connectivity index (χ0n) is 7.81. The van der Waals surface area contributed by atoms with E-state index in [1.807, 2.05) is 6.92 Å². The first-order valence-corrected chi connectivity index (χ1v) is 4.19. The first-order valence-electron chi connectivity index (χ1n) is 4.19. The maximum atomic E-state index is 12.9. The second-order valence-corrected chi connectivity index (χ2v) is 2.68. The van der Waals surface area contributed by atoms with Crippen molar-refractivity contribution >= 4 is 11.6 Å². The Morgan fingerprint density at radius 1 is 1.64 bits per heavy atom. The largest absolute Gasteiger partial charge is 0.408 e. The molecule has 1 aromatic carbocycles. The molecule has 0 saturated carbocycles. The lowest BCUT2D eigenvalue weighted by atomic mass is 10.3. The maximum Gasteiger partial charge on any atom is 0.237 e. The van der Waals surface area contributed by atoms with Crippen molar-refractivity contribution in [3.8, 4) is 0 Å². The van der Waals surface area contributed by atoms with Gasteiger partial charge >= 0.3 is 0 Å². The molecule has 0 aromatic heterocycles. The van der Waals surface area contributed by atoms with Gasteiger partial charge in [-0.05, 0) is 25.1 Å². The third-order valence-electron chi connectivity index (χ3n) is 1.82. The Hall–Kier alpha value is -1.78. The van der Waals surface area contributed by atoms with Gasteiger partial charge in [-0.2, -0.15) is 0 Å². The number of benzene rings is 1. The lowest BCUT2D eigenvalue weighted by molar-refractivity contribution is 0.317. The van der Waals surface area contributed by atoms with E-state index in [9.17, 15) is 4.39 Å². The van der Waals surface area contributed by atoms with Crippen LogP contribution in [0.5, 0.6) is 0 Å². The van der Waals surface area contributed by atoms with E-state index in [4.69, 9.17) is 10.9 Å². The van der Waals surface area contributed by atoms with Crippen LogP contribution in [0, 0.1) is 5.82 Å². The minimum Gasteiger partial charge on any atom is -0.408 e. The molecule has 0 saturated heterocycles. The van der Waals surface area contributed by atoms with E-state index in [0.717, 1.165) is 0 Å². The van der Waals surface area contributed by atoms with Crippen LogP contribution < -0.4 is 10.6 Å². The van der Waals surface area contributed by atoms with Crippen molar-refractivity contribution in [2.45, 2.75) is 6.92 Å². The fourth-order valence-electron chi connectivity index (χ4n) is 1.17.